The average molecular weight is 576 g/mol. The van der Waals surface area contributed by atoms with Crippen LogP contribution in [0.3, 0.4) is 0 Å². The molecule has 42 heavy (non-hydrogen) atoms. The number of benzene rings is 2. The van der Waals surface area contributed by atoms with Crippen molar-refractivity contribution in [3.8, 4) is 17.1 Å². The van der Waals surface area contributed by atoms with Crippen molar-refractivity contribution in [2.24, 2.45) is 0 Å². The van der Waals surface area contributed by atoms with Crippen LogP contribution in [0.4, 0.5) is 14.9 Å². The van der Waals surface area contributed by atoms with Crippen LogP contribution in [0.15, 0.2) is 54.9 Å². The van der Waals surface area contributed by atoms with Gasteiger partial charge in [0.25, 0.3) is 11.8 Å². The SMILES string of the molecule is CC(C)(C)OC(=O)N1CCC(N(C(=O)c2cnc(-c3ccc(C(=O)Nc4ccc(O)cc4)c(F)c3)nc2)C2CC2)CC1. The molecule has 0 atom stereocenters. The first-order chi connectivity index (χ1) is 20.0. The van der Waals surface area contributed by atoms with Crippen molar-refractivity contribution in [1.82, 2.24) is 19.8 Å². The lowest BCUT2D eigenvalue weighted by molar-refractivity contribution is 0.0142. The van der Waals surface area contributed by atoms with Crippen molar-refractivity contribution < 1.29 is 28.6 Å². The second-order valence-electron chi connectivity index (χ2n) is 11.6. The summed E-state index contributed by atoms with van der Waals surface area (Å²) >= 11 is 0. The zero-order valence-corrected chi connectivity index (χ0v) is 23.8. The van der Waals surface area contributed by atoms with Gasteiger partial charge in [0.1, 0.15) is 17.2 Å². The van der Waals surface area contributed by atoms with Gasteiger partial charge < -0.3 is 25.0 Å². The summed E-state index contributed by atoms with van der Waals surface area (Å²) in [6.07, 6.45) is 5.74. The molecule has 1 saturated heterocycles. The van der Waals surface area contributed by atoms with E-state index in [1.54, 1.807) is 11.0 Å². The first-order valence-electron chi connectivity index (χ1n) is 14.0. The van der Waals surface area contributed by atoms with Crippen LogP contribution in [0.25, 0.3) is 11.4 Å². The average Bonchev–Trinajstić information content (AvgIpc) is 3.79. The van der Waals surface area contributed by atoms with E-state index in [0.717, 1.165) is 12.8 Å². The number of phenols is 1. The summed E-state index contributed by atoms with van der Waals surface area (Å²) < 4.78 is 20.4. The Bertz CT molecular complexity index is 1460. The molecule has 2 N–H and O–H groups in total. The van der Waals surface area contributed by atoms with E-state index in [2.05, 4.69) is 15.3 Å². The number of aromatic hydroxyl groups is 1. The van der Waals surface area contributed by atoms with Gasteiger partial charge in [0, 0.05) is 48.8 Å². The Morgan fingerprint density at radius 2 is 1.60 bits per heavy atom. The molecule has 1 saturated carbocycles. The van der Waals surface area contributed by atoms with Crippen molar-refractivity contribution in [2.75, 3.05) is 18.4 Å². The van der Waals surface area contributed by atoms with Crippen molar-refractivity contribution in [2.45, 2.75) is 64.1 Å². The number of hydrogen-bond donors (Lipinski definition) is 2. The van der Waals surface area contributed by atoms with Gasteiger partial charge in [-0.05, 0) is 82.9 Å². The number of halogens is 1. The molecule has 11 heteroatoms. The van der Waals surface area contributed by atoms with Crippen molar-refractivity contribution >= 4 is 23.6 Å². The molecule has 2 aromatic carbocycles. The Kier molecular flexibility index (Phi) is 8.11. The fourth-order valence-corrected chi connectivity index (χ4v) is 4.95. The zero-order valence-electron chi connectivity index (χ0n) is 23.8. The molecule has 220 valence electrons. The van der Waals surface area contributed by atoms with E-state index in [4.69, 9.17) is 4.74 Å². The van der Waals surface area contributed by atoms with Gasteiger partial charge in [-0.2, -0.15) is 0 Å². The Morgan fingerprint density at radius 3 is 2.17 bits per heavy atom. The number of anilines is 1. The van der Waals surface area contributed by atoms with E-state index >= 15 is 0 Å². The third-order valence-electron chi connectivity index (χ3n) is 7.18. The molecule has 2 aliphatic rings. The Morgan fingerprint density at radius 1 is 0.976 bits per heavy atom. The highest BCUT2D eigenvalue weighted by molar-refractivity contribution is 6.04. The minimum absolute atomic E-state index is 0.00211. The lowest BCUT2D eigenvalue weighted by Gasteiger charge is -2.39. The molecule has 0 unspecified atom stereocenters. The van der Waals surface area contributed by atoms with E-state index in [1.807, 2.05) is 25.7 Å². The van der Waals surface area contributed by atoms with Gasteiger partial charge in [-0.3, -0.25) is 9.59 Å². The molecular formula is C31H34FN5O5. The Labute approximate surface area is 243 Å². The molecular weight excluding hydrogens is 541 g/mol. The number of nitrogens with one attached hydrogen (secondary N) is 1. The van der Waals surface area contributed by atoms with Crippen LogP contribution in [-0.4, -0.2) is 73.6 Å². The topological polar surface area (TPSA) is 125 Å². The summed E-state index contributed by atoms with van der Waals surface area (Å²) in [5, 5.41) is 12.0. The van der Waals surface area contributed by atoms with E-state index in [0.29, 0.717) is 42.7 Å². The van der Waals surface area contributed by atoms with E-state index < -0.39 is 17.3 Å². The molecule has 1 aromatic heterocycles. The van der Waals surface area contributed by atoms with Crippen LogP contribution >= 0.6 is 0 Å². The summed E-state index contributed by atoms with van der Waals surface area (Å²) in [4.78, 5) is 50.8. The highest BCUT2D eigenvalue weighted by Crippen LogP contribution is 2.33. The number of hydrogen-bond acceptors (Lipinski definition) is 7. The number of likely N-dealkylation sites (tertiary alicyclic amines) is 1. The van der Waals surface area contributed by atoms with Gasteiger partial charge in [0.05, 0.1) is 11.1 Å². The van der Waals surface area contributed by atoms with Gasteiger partial charge in [0.15, 0.2) is 5.82 Å². The maximum atomic E-state index is 14.9. The zero-order chi connectivity index (χ0) is 30.0. The number of amides is 3. The molecule has 0 spiro atoms. The van der Waals surface area contributed by atoms with E-state index in [-0.39, 0.29) is 41.2 Å². The van der Waals surface area contributed by atoms with Crippen LogP contribution in [0.2, 0.25) is 0 Å². The summed E-state index contributed by atoms with van der Waals surface area (Å²) in [5.74, 6) is -1.27. The minimum atomic E-state index is -0.745. The number of piperidine rings is 1. The standard InChI is InChI=1S/C31H34FN5O5/c1-31(2,3)42-30(41)36-14-12-23(13-15-36)37(22-7-8-22)29(40)20-17-33-27(34-18-20)19-4-11-25(26(32)16-19)28(39)35-21-5-9-24(38)10-6-21/h4-6,9-11,16-18,22-23,38H,7-8,12-15H2,1-3H3,(H,35,39). The maximum Gasteiger partial charge on any atom is 0.410 e. The van der Waals surface area contributed by atoms with E-state index in [1.165, 1.54) is 48.8 Å². The molecule has 3 amide bonds. The van der Waals surface area contributed by atoms with Crippen molar-refractivity contribution in [1.29, 1.82) is 0 Å². The molecule has 0 bridgehead atoms. The Hall–Kier alpha value is -4.54. The van der Waals surface area contributed by atoms with Gasteiger partial charge >= 0.3 is 6.09 Å². The smallest absolute Gasteiger partial charge is 0.410 e. The Balaban J connectivity index is 1.23. The molecule has 1 aliphatic carbocycles. The van der Waals surface area contributed by atoms with Crippen molar-refractivity contribution in [3.63, 3.8) is 0 Å². The quantitative estimate of drug-likeness (QED) is 0.385. The summed E-state index contributed by atoms with van der Waals surface area (Å²) in [7, 11) is 0. The fraction of sp³-hybridized carbons (Fsp3) is 0.387. The fourth-order valence-electron chi connectivity index (χ4n) is 4.95. The number of aromatic nitrogens is 2. The first kappa shape index (κ1) is 29.0. The highest BCUT2D eigenvalue weighted by Gasteiger charge is 2.40. The third kappa shape index (κ3) is 6.84. The van der Waals surface area contributed by atoms with Gasteiger partial charge in [-0.1, -0.05) is 6.07 Å². The second kappa shape index (κ2) is 11.8. The molecule has 2 heterocycles. The largest absolute Gasteiger partial charge is 0.508 e. The monoisotopic (exact) mass is 575 g/mol. The highest BCUT2D eigenvalue weighted by atomic mass is 19.1. The number of carbonyl (C=O) groups excluding carboxylic acids is 3. The van der Waals surface area contributed by atoms with Crippen LogP contribution in [0, 0.1) is 5.82 Å². The van der Waals surface area contributed by atoms with Crippen LogP contribution in [0.5, 0.6) is 5.75 Å². The maximum absolute atomic E-state index is 14.9. The number of nitrogens with zero attached hydrogens (tertiary/aromatic N) is 4. The third-order valence-corrected chi connectivity index (χ3v) is 7.18. The lowest BCUT2D eigenvalue weighted by atomic mass is 10.0. The normalized spacial score (nSPS) is 15.7. The predicted octanol–water partition coefficient (Wildman–Crippen LogP) is 5.24. The summed E-state index contributed by atoms with van der Waals surface area (Å²) in [6.45, 7) is 6.54. The van der Waals surface area contributed by atoms with Crippen LogP contribution in [-0.2, 0) is 4.74 Å². The molecule has 1 aliphatic heterocycles. The molecule has 3 aromatic rings. The van der Waals surface area contributed by atoms with Gasteiger partial charge in [-0.25, -0.2) is 19.2 Å². The number of phenolic OH excluding ortho intramolecular Hbond substituents is 1. The molecule has 10 nitrogen and oxygen atoms in total. The lowest BCUT2D eigenvalue weighted by Crippen LogP contribution is -2.50. The number of rotatable bonds is 6. The minimum Gasteiger partial charge on any atom is -0.508 e. The predicted molar refractivity (Wildman–Crippen MR) is 154 cm³/mol. The van der Waals surface area contributed by atoms with Crippen LogP contribution < -0.4 is 5.32 Å². The van der Waals surface area contributed by atoms with Gasteiger partial charge in [0.2, 0.25) is 0 Å². The molecule has 5 rings (SSSR count). The summed E-state index contributed by atoms with van der Waals surface area (Å²) in [5.41, 5.74) is 0.398. The second-order valence-corrected chi connectivity index (χ2v) is 11.6. The first-order valence-corrected chi connectivity index (χ1v) is 14.0. The molecule has 0 radical (unpaired) electrons. The number of carbonyl (C=O) groups is 3. The van der Waals surface area contributed by atoms with Crippen LogP contribution in [0.1, 0.15) is 67.2 Å². The summed E-state index contributed by atoms with van der Waals surface area (Å²) in [6, 6.07) is 10.1. The van der Waals surface area contributed by atoms with Crippen molar-refractivity contribution in [3.05, 3.63) is 71.8 Å². The molecule has 2 fully saturated rings. The van der Waals surface area contributed by atoms with Gasteiger partial charge in [-0.15, -0.1) is 0 Å². The number of ether oxygens (including phenoxy) is 1. The van der Waals surface area contributed by atoms with E-state index in [9.17, 15) is 23.9 Å².